The number of fused-ring (bicyclic) bond motifs is 1. The summed E-state index contributed by atoms with van der Waals surface area (Å²) in [6.07, 6.45) is 5.14. The lowest BCUT2D eigenvalue weighted by atomic mass is 10.2. The monoisotopic (exact) mass is 462 g/mol. The average Bonchev–Trinajstić information content (AvgIpc) is 3.20. The van der Waals surface area contributed by atoms with Crippen LogP contribution in [0.15, 0.2) is 72.9 Å². The molecule has 1 N–H and O–H groups in total. The van der Waals surface area contributed by atoms with Crippen LogP contribution < -0.4 is 10.1 Å². The third-order valence-corrected chi connectivity index (χ3v) is 5.60. The first kappa shape index (κ1) is 22.8. The summed E-state index contributed by atoms with van der Waals surface area (Å²) in [4.78, 5) is 21.1. The number of imidazole rings is 1. The number of carbonyl (C=O) groups is 1. The molecule has 0 unspecified atom stereocenters. The van der Waals surface area contributed by atoms with Crippen LogP contribution in [0.25, 0.3) is 11.0 Å². The SMILES string of the molecule is O=C(NCCCc1nc2ccccc2n1CCCCOc1ccc(Cl)cc1)c1ccccn1. The Morgan fingerprint density at radius 1 is 0.970 bits per heavy atom. The number of benzene rings is 2. The van der Waals surface area contributed by atoms with Gasteiger partial charge >= 0.3 is 0 Å². The van der Waals surface area contributed by atoms with Crippen LogP contribution in [0.3, 0.4) is 0 Å². The number of carbonyl (C=O) groups excluding carboxylic acids is 1. The molecule has 0 saturated carbocycles. The van der Waals surface area contributed by atoms with Crippen LogP contribution in [0.4, 0.5) is 0 Å². The molecule has 0 radical (unpaired) electrons. The highest BCUT2D eigenvalue weighted by Gasteiger charge is 2.11. The minimum Gasteiger partial charge on any atom is -0.494 e. The molecule has 4 rings (SSSR count). The van der Waals surface area contributed by atoms with E-state index in [-0.39, 0.29) is 5.91 Å². The quantitative estimate of drug-likeness (QED) is 0.307. The van der Waals surface area contributed by atoms with Gasteiger partial charge in [-0.1, -0.05) is 29.8 Å². The molecule has 4 aromatic rings. The molecular formula is C26H27ClN4O2. The van der Waals surface area contributed by atoms with Crippen molar-refractivity contribution in [2.75, 3.05) is 13.2 Å². The third-order valence-electron chi connectivity index (χ3n) is 5.35. The number of amides is 1. The maximum Gasteiger partial charge on any atom is 0.269 e. The van der Waals surface area contributed by atoms with Gasteiger partial charge in [-0.2, -0.15) is 0 Å². The van der Waals surface area contributed by atoms with E-state index in [1.165, 1.54) is 0 Å². The van der Waals surface area contributed by atoms with Crippen LogP contribution in [-0.2, 0) is 13.0 Å². The van der Waals surface area contributed by atoms with Gasteiger partial charge in [-0.3, -0.25) is 9.78 Å². The molecule has 1 amide bonds. The molecule has 0 fully saturated rings. The lowest BCUT2D eigenvalue weighted by Gasteiger charge is -2.11. The first-order chi connectivity index (χ1) is 16.2. The maximum absolute atomic E-state index is 12.2. The van der Waals surface area contributed by atoms with Crippen LogP contribution in [0, 0.1) is 0 Å². The van der Waals surface area contributed by atoms with Crippen molar-refractivity contribution in [1.29, 1.82) is 0 Å². The molecule has 0 bridgehead atoms. The lowest BCUT2D eigenvalue weighted by Crippen LogP contribution is -2.25. The molecule has 7 heteroatoms. The van der Waals surface area contributed by atoms with Gasteiger partial charge in [-0.25, -0.2) is 4.98 Å². The summed E-state index contributed by atoms with van der Waals surface area (Å²) in [7, 11) is 0. The van der Waals surface area contributed by atoms with Gasteiger partial charge in [-0.05, 0) is 67.8 Å². The highest BCUT2D eigenvalue weighted by Crippen LogP contribution is 2.19. The Kier molecular flexibility index (Phi) is 7.93. The second kappa shape index (κ2) is 11.5. The number of aryl methyl sites for hydroxylation is 2. The van der Waals surface area contributed by atoms with Crippen LogP contribution >= 0.6 is 11.6 Å². The third kappa shape index (κ3) is 6.33. The fourth-order valence-electron chi connectivity index (χ4n) is 3.69. The molecular weight excluding hydrogens is 436 g/mol. The molecule has 2 aromatic carbocycles. The number of halogens is 1. The van der Waals surface area contributed by atoms with Gasteiger partial charge in [0.2, 0.25) is 0 Å². The molecule has 0 aliphatic heterocycles. The van der Waals surface area contributed by atoms with Gasteiger partial charge < -0.3 is 14.6 Å². The molecule has 0 aliphatic rings. The molecule has 0 saturated heterocycles. The van der Waals surface area contributed by atoms with Gasteiger partial charge in [0, 0.05) is 30.7 Å². The van der Waals surface area contributed by atoms with E-state index in [0.717, 1.165) is 54.8 Å². The van der Waals surface area contributed by atoms with Crippen LogP contribution in [0.1, 0.15) is 35.6 Å². The summed E-state index contributed by atoms with van der Waals surface area (Å²) < 4.78 is 8.10. The highest BCUT2D eigenvalue weighted by molar-refractivity contribution is 6.30. The minimum absolute atomic E-state index is 0.148. The van der Waals surface area contributed by atoms with Crippen molar-refractivity contribution < 1.29 is 9.53 Å². The largest absolute Gasteiger partial charge is 0.494 e. The number of hydrogen-bond donors (Lipinski definition) is 1. The zero-order chi connectivity index (χ0) is 22.9. The first-order valence-electron chi connectivity index (χ1n) is 11.2. The topological polar surface area (TPSA) is 69.0 Å². The van der Waals surface area contributed by atoms with Crippen LogP contribution in [0.2, 0.25) is 5.02 Å². The van der Waals surface area contributed by atoms with Gasteiger partial charge in [0.05, 0.1) is 17.6 Å². The van der Waals surface area contributed by atoms with E-state index in [1.807, 2.05) is 48.5 Å². The predicted molar refractivity (Wildman–Crippen MR) is 131 cm³/mol. The summed E-state index contributed by atoms with van der Waals surface area (Å²) in [5.74, 6) is 1.73. The summed E-state index contributed by atoms with van der Waals surface area (Å²) in [6.45, 7) is 2.11. The number of hydrogen-bond acceptors (Lipinski definition) is 4. The second-order valence-electron chi connectivity index (χ2n) is 7.75. The molecule has 0 aliphatic carbocycles. The van der Waals surface area contributed by atoms with Gasteiger partial charge in [0.1, 0.15) is 17.3 Å². The van der Waals surface area contributed by atoms with Crippen LogP contribution in [-0.4, -0.2) is 33.6 Å². The number of unbranched alkanes of at least 4 members (excludes halogenated alkanes) is 1. The summed E-state index contributed by atoms with van der Waals surface area (Å²) in [6, 6.07) is 21.0. The number of aromatic nitrogens is 3. The van der Waals surface area contributed by atoms with Crippen molar-refractivity contribution in [3.63, 3.8) is 0 Å². The molecule has 6 nitrogen and oxygen atoms in total. The molecule has 2 heterocycles. The van der Waals surface area contributed by atoms with Crippen molar-refractivity contribution >= 4 is 28.5 Å². The number of nitrogens with zero attached hydrogens (tertiary/aromatic N) is 3. The van der Waals surface area contributed by atoms with Crippen molar-refractivity contribution in [2.24, 2.45) is 0 Å². The summed E-state index contributed by atoms with van der Waals surface area (Å²) in [5.41, 5.74) is 2.58. The Hall–Kier alpha value is -3.38. The standard InChI is InChI=1S/C26H27ClN4O2/c27-20-12-14-21(15-13-20)33-19-6-5-18-31-24-10-2-1-8-22(24)30-25(31)11-7-17-29-26(32)23-9-3-4-16-28-23/h1-4,8-10,12-16H,5-7,11,17-19H2,(H,29,32). The van der Waals surface area contributed by atoms with E-state index in [0.29, 0.717) is 23.9 Å². The van der Waals surface area contributed by atoms with Crippen molar-refractivity contribution in [3.05, 3.63) is 89.5 Å². The Morgan fingerprint density at radius 2 is 1.79 bits per heavy atom. The van der Waals surface area contributed by atoms with E-state index < -0.39 is 0 Å². The number of para-hydroxylation sites is 2. The van der Waals surface area contributed by atoms with Crippen molar-refractivity contribution in [3.8, 4) is 5.75 Å². The Morgan fingerprint density at radius 3 is 2.61 bits per heavy atom. The Balaban J connectivity index is 1.28. The van der Waals surface area contributed by atoms with Crippen molar-refractivity contribution in [2.45, 2.75) is 32.2 Å². The molecule has 0 atom stereocenters. The van der Waals surface area contributed by atoms with Crippen LogP contribution in [0.5, 0.6) is 5.75 Å². The molecule has 2 aromatic heterocycles. The Bertz CT molecular complexity index is 1180. The summed E-state index contributed by atoms with van der Waals surface area (Å²) in [5, 5.41) is 3.64. The average molecular weight is 463 g/mol. The van der Waals surface area contributed by atoms with Gasteiger partial charge in [0.15, 0.2) is 0 Å². The predicted octanol–water partition coefficient (Wildman–Crippen LogP) is 5.31. The van der Waals surface area contributed by atoms with E-state index in [9.17, 15) is 4.79 Å². The smallest absolute Gasteiger partial charge is 0.269 e. The zero-order valence-electron chi connectivity index (χ0n) is 18.4. The fourth-order valence-corrected chi connectivity index (χ4v) is 3.82. The van der Waals surface area contributed by atoms with Crippen molar-refractivity contribution in [1.82, 2.24) is 19.9 Å². The van der Waals surface area contributed by atoms with E-state index in [2.05, 4.69) is 20.9 Å². The molecule has 0 spiro atoms. The van der Waals surface area contributed by atoms with E-state index >= 15 is 0 Å². The highest BCUT2D eigenvalue weighted by atomic mass is 35.5. The van der Waals surface area contributed by atoms with Gasteiger partial charge in [0.25, 0.3) is 5.91 Å². The first-order valence-corrected chi connectivity index (χ1v) is 11.6. The second-order valence-corrected chi connectivity index (χ2v) is 8.19. The number of rotatable bonds is 11. The maximum atomic E-state index is 12.2. The molecule has 170 valence electrons. The number of ether oxygens (including phenoxy) is 1. The number of nitrogens with one attached hydrogen (secondary N) is 1. The zero-order valence-corrected chi connectivity index (χ0v) is 19.2. The number of pyridine rings is 1. The Labute approximate surface area is 198 Å². The fraction of sp³-hybridized carbons (Fsp3) is 0.269. The minimum atomic E-state index is -0.148. The normalized spacial score (nSPS) is 10.9. The molecule has 33 heavy (non-hydrogen) atoms. The van der Waals surface area contributed by atoms with Gasteiger partial charge in [-0.15, -0.1) is 0 Å². The van der Waals surface area contributed by atoms with E-state index in [4.69, 9.17) is 21.3 Å². The summed E-state index contributed by atoms with van der Waals surface area (Å²) >= 11 is 5.92. The van der Waals surface area contributed by atoms with E-state index in [1.54, 1.807) is 18.3 Å². The lowest BCUT2D eigenvalue weighted by molar-refractivity contribution is 0.0948.